The van der Waals surface area contributed by atoms with E-state index in [1.54, 1.807) is 4.90 Å². The van der Waals surface area contributed by atoms with Gasteiger partial charge in [-0.25, -0.2) is 0 Å². The maximum absolute atomic E-state index is 13.0. The Morgan fingerprint density at radius 3 is 1.50 bits per heavy atom. The van der Waals surface area contributed by atoms with Crippen molar-refractivity contribution in [2.24, 2.45) is 0 Å². The van der Waals surface area contributed by atoms with Gasteiger partial charge in [0.25, 0.3) is 11.1 Å². The van der Waals surface area contributed by atoms with Gasteiger partial charge in [-0.1, -0.05) is 118 Å². The molecule has 0 radical (unpaired) electrons. The second-order valence-corrected chi connectivity index (χ2v) is 15.6. The summed E-state index contributed by atoms with van der Waals surface area (Å²) in [4.78, 5) is 24.9. The number of benzene rings is 6. The minimum absolute atomic E-state index is 0. The number of nitrogens with one attached hydrogen (secondary N) is 3. The number of halogens is 10. The molecule has 2 heterocycles. The number of nitrogens with zero attached hydrogens (tertiary/aromatic N) is 1. The molecule has 0 unspecified atom stereocenters. The van der Waals surface area contributed by atoms with E-state index in [1.165, 1.54) is 57.3 Å². The largest absolute Gasteiger partial charge is 0.416 e. The molecule has 0 saturated carbocycles. The number of hydrogen-bond donors (Lipinski definition) is 3. The first kappa shape index (κ1) is 66.4. The van der Waals surface area contributed by atoms with Gasteiger partial charge in [-0.2, -0.15) is 53.3 Å². The topological polar surface area (TPSA) is 73.5 Å². The van der Waals surface area contributed by atoms with Crippen molar-refractivity contribution in [3.8, 4) is 0 Å². The van der Waals surface area contributed by atoms with Gasteiger partial charge in [0, 0.05) is 54.9 Å². The van der Waals surface area contributed by atoms with E-state index >= 15 is 0 Å². The van der Waals surface area contributed by atoms with Crippen LogP contribution in [0.5, 0.6) is 0 Å². The molecule has 3 N–H and O–H groups in total. The number of rotatable bonds is 8. The van der Waals surface area contributed by atoms with Gasteiger partial charge in [0.05, 0.1) is 11.1 Å². The number of fused-ring (bicyclic) bond motifs is 2. The molecule has 6 aromatic carbocycles. The molecular formula is C50H62Cl4F6N4O2S2. The van der Waals surface area contributed by atoms with E-state index in [2.05, 4.69) is 96.5 Å². The van der Waals surface area contributed by atoms with Crippen LogP contribution < -0.4 is 16.0 Å². The highest BCUT2D eigenvalue weighted by Gasteiger charge is 2.33. The third-order valence-electron chi connectivity index (χ3n) is 10.9. The van der Waals surface area contributed by atoms with Gasteiger partial charge in [-0.05, 0) is 108 Å². The lowest BCUT2D eigenvalue weighted by Crippen LogP contribution is -2.36. The molecule has 18 heteroatoms. The SMILES string of the molecule is C.C.C[C@@H](N[C@H]1CCN(C(=O)c2cccc(C(F)(F)F)c2)C1)c1cccc2ccccc12.C[C@@H](N[C@H]1CCNC1)c1cccc2ccccc12.Cl.Cl.Cl.O=C(Cl)c1cccc(C(F)(F)F)c1.S.S. The highest BCUT2D eigenvalue weighted by atomic mass is 35.5. The summed E-state index contributed by atoms with van der Waals surface area (Å²) in [5.41, 5.74) is 0.839. The number of carbonyl (C=O) groups excluding carboxylic acids is 2. The first-order valence-electron chi connectivity index (χ1n) is 20.1. The molecule has 2 saturated heterocycles. The highest BCUT2D eigenvalue weighted by Crippen LogP contribution is 2.32. The molecule has 8 rings (SSSR count). The van der Waals surface area contributed by atoms with Crippen LogP contribution in [0.2, 0.25) is 0 Å². The zero-order chi connectivity index (χ0) is 43.7. The molecule has 0 spiro atoms. The van der Waals surface area contributed by atoms with Crippen molar-refractivity contribution in [3.63, 3.8) is 0 Å². The van der Waals surface area contributed by atoms with Crippen LogP contribution in [-0.4, -0.2) is 54.3 Å². The van der Waals surface area contributed by atoms with Gasteiger partial charge in [0.1, 0.15) is 0 Å². The Hall–Kier alpha value is -3.70. The fraction of sp³-hybridized carbons (Fsp3) is 0.320. The molecule has 2 aliphatic rings. The highest BCUT2D eigenvalue weighted by molar-refractivity contribution is 7.59. The Bertz CT molecular complexity index is 2450. The predicted octanol–water partition coefficient (Wildman–Crippen LogP) is 14.1. The van der Waals surface area contributed by atoms with Crippen molar-refractivity contribution >= 4 is 109 Å². The van der Waals surface area contributed by atoms with E-state index in [1.807, 2.05) is 18.2 Å². The summed E-state index contributed by atoms with van der Waals surface area (Å²) in [5.74, 6) is -0.358. The minimum atomic E-state index is -4.46. The van der Waals surface area contributed by atoms with E-state index in [4.69, 9.17) is 11.6 Å². The predicted molar refractivity (Wildman–Crippen MR) is 286 cm³/mol. The van der Waals surface area contributed by atoms with Gasteiger partial charge in [-0.15, -0.1) is 37.2 Å². The van der Waals surface area contributed by atoms with Gasteiger partial charge < -0.3 is 20.9 Å². The van der Waals surface area contributed by atoms with Crippen LogP contribution in [0.4, 0.5) is 26.3 Å². The Morgan fingerprint density at radius 2 is 1.04 bits per heavy atom. The summed E-state index contributed by atoms with van der Waals surface area (Å²) < 4.78 is 75.1. The Morgan fingerprint density at radius 1 is 0.618 bits per heavy atom. The quantitative estimate of drug-likeness (QED) is 0.105. The molecule has 1 amide bonds. The van der Waals surface area contributed by atoms with Crippen molar-refractivity contribution in [2.45, 2.75) is 78.1 Å². The van der Waals surface area contributed by atoms with E-state index in [0.717, 1.165) is 49.8 Å². The van der Waals surface area contributed by atoms with Crippen LogP contribution in [0.25, 0.3) is 21.5 Å². The molecule has 68 heavy (non-hydrogen) atoms. The zero-order valence-corrected chi connectivity index (χ0v) is 41.1. The fourth-order valence-electron chi connectivity index (χ4n) is 7.85. The van der Waals surface area contributed by atoms with Crippen LogP contribution in [0, 0.1) is 0 Å². The normalized spacial score (nSPS) is 15.8. The van der Waals surface area contributed by atoms with Crippen molar-refractivity contribution in [1.82, 2.24) is 20.9 Å². The smallest absolute Gasteiger partial charge is 0.337 e. The van der Waals surface area contributed by atoms with Gasteiger partial charge in [0.15, 0.2) is 0 Å². The molecule has 2 aliphatic heterocycles. The second kappa shape index (κ2) is 30.1. The molecule has 0 bridgehead atoms. The van der Waals surface area contributed by atoms with Crippen LogP contribution >= 0.6 is 75.8 Å². The summed E-state index contributed by atoms with van der Waals surface area (Å²) >= 11 is 5.02. The average Bonchev–Trinajstić information content (AvgIpc) is 3.95. The monoisotopic (exact) mass is 1070 g/mol. The first-order valence-corrected chi connectivity index (χ1v) is 20.5. The molecule has 376 valence electrons. The van der Waals surface area contributed by atoms with Crippen molar-refractivity contribution in [3.05, 3.63) is 167 Å². The third-order valence-corrected chi connectivity index (χ3v) is 11.2. The molecule has 0 aromatic heterocycles. The lowest BCUT2D eigenvalue weighted by atomic mass is 9.99. The Balaban J connectivity index is 0. The van der Waals surface area contributed by atoms with Crippen LogP contribution in [0.1, 0.15) is 96.6 Å². The molecule has 6 aromatic rings. The standard InChI is InChI=1S/C24H23F3N2O.C16H20N2.C8H4ClF3O.2CH4.3ClH.2H2S/c1-16(21-11-5-7-17-6-2-3-10-22(17)21)28-20-12-13-29(15-20)23(30)18-8-4-9-19(14-18)24(25,26)27;1-12(18-14-9-10-17-11-14)15-8-4-6-13-5-2-3-7-16(13)15;9-7(13)5-2-1-3-6(4-5)8(10,11)12;;;;;;;/h2-11,14,16,20,28H,12-13,15H2,1H3;2-8,12,14,17-18H,9-11H2,1H3;1-4H;2*1H4;3*1H;2*1H2/t16-,20+;12-,14+;;;;;;;;/m11......../s1. The van der Waals surface area contributed by atoms with E-state index < -0.39 is 28.7 Å². The van der Waals surface area contributed by atoms with Crippen molar-refractivity contribution < 1.29 is 35.9 Å². The molecule has 4 atom stereocenters. The number of carbonyl (C=O) groups is 2. The summed E-state index contributed by atoms with van der Waals surface area (Å²) in [5, 5.41) is 14.9. The van der Waals surface area contributed by atoms with Crippen LogP contribution in [-0.2, 0) is 12.4 Å². The molecule has 6 nitrogen and oxygen atoms in total. The van der Waals surface area contributed by atoms with Crippen LogP contribution in [0.3, 0.4) is 0 Å². The van der Waals surface area contributed by atoms with Crippen LogP contribution in [0.15, 0.2) is 133 Å². The lowest BCUT2D eigenvalue weighted by molar-refractivity contribution is -0.138. The van der Waals surface area contributed by atoms with E-state index in [-0.39, 0.29) is 108 Å². The number of likely N-dealkylation sites (tertiary alicyclic amines) is 1. The van der Waals surface area contributed by atoms with Gasteiger partial charge in [-0.3, -0.25) is 9.59 Å². The first-order chi connectivity index (χ1) is 29.1. The summed E-state index contributed by atoms with van der Waals surface area (Å²) in [7, 11) is 0. The molecular weight excluding hydrogens is 1010 g/mol. The average molecular weight is 1070 g/mol. The second-order valence-electron chi connectivity index (χ2n) is 15.3. The van der Waals surface area contributed by atoms with E-state index in [9.17, 15) is 35.9 Å². The van der Waals surface area contributed by atoms with Crippen molar-refractivity contribution in [1.29, 1.82) is 0 Å². The van der Waals surface area contributed by atoms with Gasteiger partial charge >= 0.3 is 12.4 Å². The summed E-state index contributed by atoms with van der Waals surface area (Å²) in [6.07, 6.45) is -6.91. The summed E-state index contributed by atoms with van der Waals surface area (Å²) in [6, 6.07) is 39.4. The Kier molecular flexibility index (Phi) is 29.4. The lowest BCUT2D eigenvalue weighted by Gasteiger charge is -2.22. The number of alkyl halides is 6. The zero-order valence-electron chi connectivity index (χ0n) is 35.9. The number of hydrogen-bond acceptors (Lipinski definition) is 5. The maximum Gasteiger partial charge on any atom is 0.416 e. The Labute approximate surface area is 433 Å². The minimum Gasteiger partial charge on any atom is -0.337 e. The fourth-order valence-corrected chi connectivity index (χ4v) is 7.97. The summed E-state index contributed by atoms with van der Waals surface area (Å²) in [6.45, 7) is 7.59. The molecule has 2 fully saturated rings. The number of amides is 1. The van der Waals surface area contributed by atoms with Crippen molar-refractivity contribution in [2.75, 3.05) is 26.2 Å². The van der Waals surface area contributed by atoms with Gasteiger partial charge in [0.2, 0.25) is 0 Å². The van der Waals surface area contributed by atoms with E-state index in [0.29, 0.717) is 25.2 Å². The maximum atomic E-state index is 13.0. The molecule has 0 aliphatic carbocycles. The third kappa shape index (κ3) is 17.9.